The van der Waals surface area contributed by atoms with Crippen molar-refractivity contribution in [3.63, 3.8) is 0 Å². The van der Waals surface area contributed by atoms with Gasteiger partial charge in [0.1, 0.15) is 0 Å². The highest BCUT2D eigenvalue weighted by Crippen LogP contribution is 2.01. The van der Waals surface area contributed by atoms with Crippen molar-refractivity contribution in [1.82, 2.24) is 5.32 Å². The Bertz CT molecular complexity index is 246. The summed E-state index contributed by atoms with van der Waals surface area (Å²) in [7, 11) is 0. The second kappa shape index (κ2) is 8.14. The fourth-order valence-corrected chi connectivity index (χ4v) is 1.21. The predicted molar refractivity (Wildman–Crippen MR) is 70.3 cm³/mol. The van der Waals surface area contributed by atoms with E-state index >= 15 is 0 Å². The number of carbonyl (C=O) groups excluding carboxylic acids is 1. The number of amides is 1. The van der Waals surface area contributed by atoms with Crippen molar-refractivity contribution >= 4 is 5.91 Å². The van der Waals surface area contributed by atoms with Gasteiger partial charge in [0, 0.05) is 12.0 Å². The number of unbranched alkanes of at least 4 members (excludes halogenated alkanes) is 1. The van der Waals surface area contributed by atoms with Crippen LogP contribution in [0.25, 0.3) is 0 Å². The Labute approximate surface area is 99.8 Å². The van der Waals surface area contributed by atoms with Gasteiger partial charge in [-0.2, -0.15) is 0 Å². The third kappa shape index (κ3) is 11.0. The van der Waals surface area contributed by atoms with Crippen LogP contribution in [-0.4, -0.2) is 11.4 Å². The largest absolute Gasteiger partial charge is 0.352 e. The minimum atomic E-state index is -0.123. The zero-order valence-corrected chi connectivity index (χ0v) is 11.0. The molecular weight excluding hydrogens is 198 g/mol. The van der Waals surface area contributed by atoms with Crippen LogP contribution < -0.4 is 5.32 Å². The predicted octanol–water partition coefficient (Wildman–Crippen LogP) is 3.59. The molecule has 0 aliphatic carbocycles. The Hall–Kier alpha value is -1.05. The van der Waals surface area contributed by atoms with E-state index in [0.717, 1.165) is 12.8 Å². The first-order valence-electron chi connectivity index (χ1n) is 6.08. The fraction of sp³-hybridized carbons (Fsp3) is 0.643. The highest BCUT2D eigenvalue weighted by molar-refractivity contribution is 5.76. The molecule has 0 saturated carbocycles. The molecule has 0 aliphatic rings. The Morgan fingerprint density at radius 1 is 1.12 bits per heavy atom. The van der Waals surface area contributed by atoms with Gasteiger partial charge >= 0.3 is 0 Å². The summed E-state index contributed by atoms with van der Waals surface area (Å²) in [4.78, 5) is 11.4. The zero-order chi connectivity index (χ0) is 12.4. The molecule has 0 unspecified atom stereocenters. The van der Waals surface area contributed by atoms with Gasteiger partial charge in [0.05, 0.1) is 0 Å². The second-order valence-electron chi connectivity index (χ2n) is 4.98. The maximum Gasteiger partial charge on any atom is 0.220 e. The van der Waals surface area contributed by atoms with Crippen molar-refractivity contribution in [2.24, 2.45) is 0 Å². The normalized spacial score (nSPS) is 12.5. The SMILES string of the molecule is CCCC=C/C=C/CCC(=O)NC(C)(C)C. The number of allylic oxidation sites excluding steroid dienone is 4. The molecule has 1 N–H and O–H groups in total. The van der Waals surface area contributed by atoms with E-state index in [1.807, 2.05) is 39.0 Å². The van der Waals surface area contributed by atoms with E-state index < -0.39 is 0 Å². The molecule has 0 rings (SSSR count). The van der Waals surface area contributed by atoms with Crippen molar-refractivity contribution in [2.45, 2.75) is 58.9 Å². The molecule has 0 fully saturated rings. The first-order chi connectivity index (χ1) is 7.45. The second-order valence-corrected chi connectivity index (χ2v) is 4.98. The number of rotatable bonds is 6. The molecule has 1 amide bonds. The Kier molecular flexibility index (Phi) is 7.61. The first-order valence-corrected chi connectivity index (χ1v) is 6.08. The molecule has 0 aromatic heterocycles. The summed E-state index contributed by atoms with van der Waals surface area (Å²) in [6.07, 6.45) is 11.9. The van der Waals surface area contributed by atoms with Crippen LogP contribution in [0.2, 0.25) is 0 Å². The van der Waals surface area contributed by atoms with Crippen LogP contribution in [-0.2, 0) is 4.79 Å². The lowest BCUT2D eigenvalue weighted by Gasteiger charge is -2.20. The van der Waals surface area contributed by atoms with Crippen LogP contribution in [0.3, 0.4) is 0 Å². The Morgan fingerprint density at radius 2 is 1.69 bits per heavy atom. The molecule has 92 valence electrons. The van der Waals surface area contributed by atoms with Crippen molar-refractivity contribution in [3.05, 3.63) is 24.3 Å². The summed E-state index contributed by atoms with van der Waals surface area (Å²) in [5.41, 5.74) is -0.123. The van der Waals surface area contributed by atoms with E-state index in [1.54, 1.807) is 0 Å². The van der Waals surface area contributed by atoms with E-state index in [1.165, 1.54) is 6.42 Å². The van der Waals surface area contributed by atoms with E-state index in [4.69, 9.17) is 0 Å². The molecule has 0 radical (unpaired) electrons. The van der Waals surface area contributed by atoms with E-state index in [-0.39, 0.29) is 11.4 Å². The van der Waals surface area contributed by atoms with Crippen LogP contribution >= 0.6 is 0 Å². The molecule has 0 heterocycles. The average molecular weight is 223 g/mol. The highest BCUT2D eigenvalue weighted by Gasteiger charge is 2.12. The van der Waals surface area contributed by atoms with Gasteiger partial charge in [-0.05, 0) is 33.6 Å². The lowest BCUT2D eigenvalue weighted by atomic mass is 10.1. The maximum atomic E-state index is 11.4. The van der Waals surface area contributed by atoms with Crippen LogP contribution in [0, 0.1) is 0 Å². The first kappa shape index (κ1) is 14.9. The molecule has 0 aromatic carbocycles. The van der Waals surface area contributed by atoms with Gasteiger partial charge in [0.25, 0.3) is 0 Å². The van der Waals surface area contributed by atoms with Gasteiger partial charge in [-0.25, -0.2) is 0 Å². The van der Waals surface area contributed by atoms with E-state index in [0.29, 0.717) is 6.42 Å². The zero-order valence-electron chi connectivity index (χ0n) is 11.0. The summed E-state index contributed by atoms with van der Waals surface area (Å²) in [6, 6.07) is 0. The summed E-state index contributed by atoms with van der Waals surface area (Å²) >= 11 is 0. The summed E-state index contributed by atoms with van der Waals surface area (Å²) in [5, 5.41) is 2.94. The van der Waals surface area contributed by atoms with Crippen molar-refractivity contribution < 1.29 is 4.79 Å². The van der Waals surface area contributed by atoms with Crippen LogP contribution in [0.1, 0.15) is 53.4 Å². The number of carbonyl (C=O) groups is 1. The minimum absolute atomic E-state index is 0.120. The van der Waals surface area contributed by atoms with Crippen molar-refractivity contribution in [3.8, 4) is 0 Å². The van der Waals surface area contributed by atoms with Crippen molar-refractivity contribution in [2.75, 3.05) is 0 Å². The lowest BCUT2D eigenvalue weighted by Crippen LogP contribution is -2.40. The molecule has 0 bridgehead atoms. The summed E-state index contributed by atoms with van der Waals surface area (Å²) < 4.78 is 0. The fourth-order valence-electron chi connectivity index (χ4n) is 1.21. The van der Waals surface area contributed by atoms with Gasteiger partial charge in [-0.3, -0.25) is 4.79 Å². The summed E-state index contributed by atoms with van der Waals surface area (Å²) in [6.45, 7) is 8.14. The molecule has 0 aliphatic heterocycles. The number of hydrogen-bond donors (Lipinski definition) is 1. The smallest absolute Gasteiger partial charge is 0.220 e. The third-order valence-corrected chi connectivity index (χ3v) is 1.89. The minimum Gasteiger partial charge on any atom is -0.352 e. The topological polar surface area (TPSA) is 29.1 Å². The van der Waals surface area contributed by atoms with Gasteiger partial charge in [-0.15, -0.1) is 0 Å². The van der Waals surface area contributed by atoms with Gasteiger partial charge < -0.3 is 5.32 Å². The highest BCUT2D eigenvalue weighted by atomic mass is 16.1. The monoisotopic (exact) mass is 223 g/mol. The number of nitrogens with one attached hydrogen (secondary N) is 1. The average Bonchev–Trinajstić information content (AvgIpc) is 2.13. The van der Waals surface area contributed by atoms with E-state index in [9.17, 15) is 4.79 Å². The molecule has 2 nitrogen and oxygen atoms in total. The molecule has 2 heteroatoms. The van der Waals surface area contributed by atoms with Crippen molar-refractivity contribution in [1.29, 1.82) is 0 Å². The molecule has 0 atom stereocenters. The standard InChI is InChI=1S/C14H25NO/c1-5-6-7-8-9-10-11-12-13(16)15-14(2,3)4/h7-10H,5-6,11-12H2,1-4H3,(H,15,16)/b8-7?,10-9+. The quantitative estimate of drug-likeness (QED) is 0.685. The molecule has 16 heavy (non-hydrogen) atoms. The summed E-state index contributed by atoms with van der Waals surface area (Å²) in [5.74, 6) is 0.120. The van der Waals surface area contributed by atoms with Crippen LogP contribution in [0.4, 0.5) is 0 Å². The third-order valence-electron chi connectivity index (χ3n) is 1.89. The maximum absolute atomic E-state index is 11.4. The van der Waals surface area contributed by atoms with Gasteiger partial charge in [0.15, 0.2) is 0 Å². The Morgan fingerprint density at radius 3 is 2.19 bits per heavy atom. The molecule has 0 saturated heterocycles. The Balaban J connectivity index is 3.62. The molecule has 0 aromatic rings. The van der Waals surface area contributed by atoms with Gasteiger partial charge in [0.2, 0.25) is 5.91 Å². The van der Waals surface area contributed by atoms with E-state index in [2.05, 4.69) is 18.3 Å². The molecule has 0 spiro atoms. The van der Waals surface area contributed by atoms with Gasteiger partial charge in [-0.1, -0.05) is 37.6 Å². The molecular formula is C14H25NO. The van der Waals surface area contributed by atoms with Crippen LogP contribution in [0.5, 0.6) is 0 Å². The lowest BCUT2D eigenvalue weighted by molar-refractivity contribution is -0.122. The number of hydrogen-bond acceptors (Lipinski definition) is 1. The van der Waals surface area contributed by atoms with Crippen LogP contribution in [0.15, 0.2) is 24.3 Å².